The third-order valence-electron chi connectivity index (χ3n) is 2.10. The van der Waals surface area contributed by atoms with Gasteiger partial charge in [-0.2, -0.15) is 0 Å². The first kappa shape index (κ1) is 16.6. The zero-order valence-corrected chi connectivity index (χ0v) is 12.4. The van der Waals surface area contributed by atoms with Crippen molar-refractivity contribution in [2.45, 2.75) is 25.7 Å². The number of nitrogens with one attached hydrogen (secondary N) is 2. The van der Waals surface area contributed by atoms with Crippen LogP contribution in [0.4, 0.5) is 0 Å². The van der Waals surface area contributed by atoms with Gasteiger partial charge in [-0.25, -0.2) is 0 Å². The van der Waals surface area contributed by atoms with Crippen molar-refractivity contribution in [2.75, 3.05) is 46.6 Å². The van der Waals surface area contributed by atoms with E-state index in [-0.39, 0.29) is 0 Å². The molecule has 2 N–H and O–H groups in total. The quantitative estimate of drug-likeness (QED) is 0.303. The first-order valence-corrected chi connectivity index (χ1v) is 7.13. The maximum atomic E-state index is 5.47. The fraction of sp³-hybridized carbons (Fsp3) is 1.00. The van der Waals surface area contributed by atoms with Crippen molar-refractivity contribution in [3.63, 3.8) is 0 Å². The van der Waals surface area contributed by atoms with Gasteiger partial charge in [0.2, 0.25) is 0 Å². The van der Waals surface area contributed by atoms with Gasteiger partial charge in [0.15, 0.2) is 0 Å². The van der Waals surface area contributed by atoms with Crippen LogP contribution in [-0.2, 0) is 9.47 Å². The summed E-state index contributed by atoms with van der Waals surface area (Å²) in [6.07, 6.45) is 4.38. The molecule has 0 bridgehead atoms. The van der Waals surface area contributed by atoms with Crippen molar-refractivity contribution < 1.29 is 9.47 Å². The standard InChI is InChI=1S/C11H25IN2O2/c1-13-6-4-10-15-8-2-3-9-16-11-5-7-14-12/h13-14H,2-11H2,1H3. The molecule has 5 heteroatoms. The molecule has 0 aliphatic heterocycles. The minimum Gasteiger partial charge on any atom is -0.381 e. The normalized spacial score (nSPS) is 10.9. The van der Waals surface area contributed by atoms with Crippen LogP contribution in [0.25, 0.3) is 0 Å². The Bertz CT molecular complexity index is 115. The summed E-state index contributed by atoms with van der Waals surface area (Å²) in [6.45, 7) is 5.51. The number of ether oxygens (including phenoxy) is 2. The van der Waals surface area contributed by atoms with Crippen molar-refractivity contribution in [3.8, 4) is 0 Å². The summed E-state index contributed by atoms with van der Waals surface area (Å²) in [5.74, 6) is 0. The molecular weight excluding hydrogens is 319 g/mol. The van der Waals surface area contributed by atoms with Gasteiger partial charge in [0, 0.05) is 55.8 Å². The first-order chi connectivity index (χ1) is 7.91. The van der Waals surface area contributed by atoms with Crippen LogP contribution in [-0.4, -0.2) is 46.6 Å². The van der Waals surface area contributed by atoms with Crippen molar-refractivity contribution in [1.29, 1.82) is 0 Å². The molecule has 0 aromatic carbocycles. The summed E-state index contributed by atoms with van der Waals surface area (Å²) < 4.78 is 14.0. The molecular formula is C11H25IN2O2. The fourth-order valence-electron chi connectivity index (χ4n) is 1.20. The van der Waals surface area contributed by atoms with E-state index >= 15 is 0 Å². The molecule has 0 atom stereocenters. The molecule has 0 aromatic rings. The molecule has 0 fully saturated rings. The first-order valence-electron chi connectivity index (χ1n) is 6.05. The van der Waals surface area contributed by atoms with Crippen LogP contribution in [0.15, 0.2) is 0 Å². The molecule has 0 heterocycles. The van der Waals surface area contributed by atoms with Crippen LogP contribution < -0.4 is 8.85 Å². The maximum absolute atomic E-state index is 5.47. The lowest BCUT2D eigenvalue weighted by Crippen LogP contribution is -2.11. The van der Waals surface area contributed by atoms with E-state index in [0.29, 0.717) is 0 Å². The molecule has 0 radical (unpaired) electrons. The molecule has 0 saturated heterocycles. The Balaban J connectivity index is 2.83. The van der Waals surface area contributed by atoms with Gasteiger partial charge in [-0.3, -0.25) is 3.53 Å². The summed E-state index contributed by atoms with van der Waals surface area (Å²) in [5, 5.41) is 3.10. The van der Waals surface area contributed by atoms with Gasteiger partial charge in [0.25, 0.3) is 0 Å². The van der Waals surface area contributed by atoms with Gasteiger partial charge in [0.1, 0.15) is 0 Å². The Hall–Kier alpha value is 0.570. The highest BCUT2D eigenvalue weighted by Crippen LogP contribution is 1.93. The molecule has 0 rings (SSSR count). The van der Waals surface area contributed by atoms with Crippen molar-refractivity contribution in [2.24, 2.45) is 0 Å². The zero-order chi connectivity index (χ0) is 11.9. The second-order valence-electron chi connectivity index (χ2n) is 3.63. The van der Waals surface area contributed by atoms with Crippen LogP contribution in [0.3, 0.4) is 0 Å². The Labute approximate surface area is 113 Å². The predicted octanol–water partition coefficient (Wildman–Crippen LogP) is 1.74. The van der Waals surface area contributed by atoms with E-state index < -0.39 is 0 Å². The van der Waals surface area contributed by atoms with E-state index in [1.807, 2.05) is 7.05 Å². The second kappa shape index (κ2) is 15.6. The molecule has 0 spiro atoms. The Morgan fingerprint density at radius 3 is 1.81 bits per heavy atom. The van der Waals surface area contributed by atoms with Gasteiger partial charge in [-0.1, -0.05) is 0 Å². The second-order valence-corrected chi connectivity index (χ2v) is 4.39. The summed E-state index contributed by atoms with van der Waals surface area (Å²) in [4.78, 5) is 0. The minimum absolute atomic E-state index is 0.860. The third kappa shape index (κ3) is 14.6. The largest absolute Gasteiger partial charge is 0.381 e. The average Bonchev–Trinajstić information content (AvgIpc) is 2.31. The van der Waals surface area contributed by atoms with Crippen molar-refractivity contribution in [3.05, 3.63) is 0 Å². The zero-order valence-electron chi connectivity index (χ0n) is 10.3. The number of unbranched alkanes of at least 4 members (excludes halogenated alkanes) is 1. The molecule has 0 saturated carbocycles. The molecule has 0 unspecified atom stereocenters. The van der Waals surface area contributed by atoms with E-state index in [2.05, 4.69) is 31.7 Å². The molecule has 4 nitrogen and oxygen atoms in total. The highest BCUT2D eigenvalue weighted by molar-refractivity contribution is 14.1. The highest BCUT2D eigenvalue weighted by Gasteiger charge is 1.91. The topological polar surface area (TPSA) is 42.5 Å². The average molecular weight is 344 g/mol. The lowest BCUT2D eigenvalue weighted by molar-refractivity contribution is 0.101. The number of halogens is 1. The summed E-state index contributed by atoms with van der Waals surface area (Å²) in [7, 11) is 1.96. The van der Waals surface area contributed by atoms with Crippen LogP contribution in [0.2, 0.25) is 0 Å². The molecule has 0 aromatic heterocycles. The van der Waals surface area contributed by atoms with Gasteiger partial charge in [0.05, 0.1) is 0 Å². The molecule has 0 aliphatic carbocycles. The van der Waals surface area contributed by atoms with Gasteiger partial charge >= 0.3 is 0 Å². The van der Waals surface area contributed by atoms with Gasteiger partial charge < -0.3 is 14.8 Å². The Kier molecular flexibility index (Phi) is 16.1. The van der Waals surface area contributed by atoms with E-state index in [4.69, 9.17) is 9.47 Å². The fourth-order valence-corrected chi connectivity index (χ4v) is 1.59. The molecule has 0 amide bonds. The van der Waals surface area contributed by atoms with Crippen LogP contribution in [0.5, 0.6) is 0 Å². The minimum atomic E-state index is 0.860. The monoisotopic (exact) mass is 344 g/mol. The molecule has 16 heavy (non-hydrogen) atoms. The summed E-state index contributed by atoms with van der Waals surface area (Å²) in [6, 6.07) is 0. The van der Waals surface area contributed by atoms with Crippen LogP contribution in [0.1, 0.15) is 25.7 Å². The Morgan fingerprint density at radius 2 is 1.31 bits per heavy atom. The van der Waals surface area contributed by atoms with Crippen molar-refractivity contribution in [1.82, 2.24) is 8.85 Å². The predicted molar refractivity (Wildman–Crippen MR) is 76.1 cm³/mol. The number of hydrogen-bond acceptors (Lipinski definition) is 4. The van der Waals surface area contributed by atoms with Crippen LogP contribution in [0, 0.1) is 0 Å². The lowest BCUT2D eigenvalue weighted by Gasteiger charge is -2.05. The van der Waals surface area contributed by atoms with Crippen molar-refractivity contribution >= 4 is 22.9 Å². The summed E-state index contributed by atoms with van der Waals surface area (Å²) in [5.41, 5.74) is 0. The third-order valence-corrected chi connectivity index (χ3v) is 2.64. The van der Waals surface area contributed by atoms with E-state index in [9.17, 15) is 0 Å². The van der Waals surface area contributed by atoms with E-state index in [1.165, 1.54) is 0 Å². The SMILES string of the molecule is CNCCCOCCCCOCCCNI. The van der Waals surface area contributed by atoms with Crippen LogP contribution >= 0.6 is 22.9 Å². The lowest BCUT2D eigenvalue weighted by atomic mass is 10.3. The highest BCUT2D eigenvalue weighted by atomic mass is 127. The number of rotatable bonds is 13. The maximum Gasteiger partial charge on any atom is 0.0478 e. The van der Waals surface area contributed by atoms with E-state index in [1.54, 1.807) is 0 Å². The molecule has 0 aliphatic rings. The summed E-state index contributed by atoms with van der Waals surface area (Å²) >= 11 is 2.15. The van der Waals surface area contributed by atoms with E-state index in [0.717, 1.165) is 65.2 Å². The van der Waals surface area contributed by atoms with Gasteiger partial charge in [-0.05, 0) is 39.3 Å². The Morgan fingerprint density at radius 1 is 0.812 bits per heavy atom. The molecule has 98 valence electrons. The number of hydrogen-bond donors (Lipinski definition) is 2. The smallest absolute Gasteiger partial charge is 0.0478 e. The van der Waals surface area contributed by atoms with Gasteiger partial charge in [-0.15, -0.1) is 0 Å².